The molecule has 2 rings (SSSR count). The van der Waals surface area contributed by atoms with Crippen LogP contribution in [0.4, 0.5) is 0 Å². The van der Waals surface area contributed by atoms with Gasteiger partial charge in [-0.25, -0.2) is 4.68 Å². The number of aryl methyl sites for hydroxylation is 1. The second-order valence-electron chi connectivity index (χ2n) is 3.12. The van der Waals surface area contributed by atoms with Crippen LogP contribution >= 0.6 is 0 Å². The molecule has 0 fully saturated rings. The molecule has 0 amide bonds. The molecule has 0 bridgehead atoms. The molecule has 0 saturated heterocycles. The Bertz CT molecular complexity index is 474. The highest BCUT2D eigenvalue weighted by Gasteiger charge is 1.98. The average Bonchev–Trinajstić information content (AvgIpc) is 2.67. The third-order valence-electron chi connectivity index (χ3n) is 2.01. The smallest absolute Gasteiger partial charge is 0.102 e. The zero-order chi connectivity index (χ0) is 9.97. The molecule has 1 aromatic heterocycles. The van der Waals surface area contributed by atoms with Crippen LogP contribution in [-0.4, -0.2) is 9.78 Å². The third kappa shape index (κ3) is 1.50. The van der Waals surface area contributed by atoms with Gasteiger partial charge in [-0.05, 0) is 19.1 Å². The van der Waals surface area contributed by atoms with Crippen molar-refractivity contribution >= 4 is 0 Å². The van der Waals surface area contributed by atoms with E-state index < -0.39 is 0 Å². The molecule has 1 aromatic carbocycles. The molecule has 3 heteroatoms. The number of nitrogens with zero attached hydrogens (tertiary/aromatic N) is 3. The van der Waals surface area contributed by atoms with E-state index in [1.54, 1.807) is 17.1 Å². The van der Waals surface area contributed by atoms with Gasteiger partial charge in [-0.2, -0.15) is 10.4 Å². The van der Waals surface area contributed by atoms with E-state index in [0.717, 1.165) is 5.69 Å². The molecule has 0 spiro atoms. The Morgan fingerprint density at radius 1 is 1.29 bits per heavy atom. The predicted octanol–water partition coefficient (Wildman–Crippen LogP) is 2.05. The van der Waals surface area contributed by atoms with Crippen molar-refractivity contribution in [1.29, 1.82) is 5.26 Å². The molecule has 0 aliphatic heterocycles. The molecule has 0 radical (unpaired) electrons. The third-order valence-corrected chi connectivity index (χ3v) is 2.01. The van der Waals surface area contributed by atoms with Gasteiger partial charge in [0.1, 0.15) is 6.07 Å². The van der Waals surface area contributed by atoms with Gasteiger partial charge in [0.25, 0.3) is 0 Å². The minimum atomic E-state index is 0.575. The lowest BCUT2D eigenvalue weighted by Gasteiger charge is -2.00. The van der Waals surface area contributed by atoms with Gasteiger partial charge < -0.3 is 0 Å². The highest BCUT2D eigenvalue weighted by molar-refractivity contribution is 5.35. The Kier molecular flexibility index (Phi) is 2.04. The monoisotopic (exact) mass is 183 g/mol. The van der Waals surface area contributed by atoms with Gasteiger partial charge in [-0.15, -0.1) is 0 Å². The number of nitriles is 1. The first kappa shape index (κ1) is 8.52. The quantitative estimate of drug-likeness (QED) is 0.679. The molecule has 0 aliphatic rings. The summed E-state index contributed by atoms with van der Waals surface area (Å²) in [5.41, 5.74) is 2.75. The van der Waals surface area contributed by atoms with Crippen LogP contribution in [0.2, 0.25) is 0 Å². The lowest BCUT2D eigenvalue weighted by molar-refractivity contribution is 0.880. The molecule has 0 saturated carbocycles. The molecule has 2 aromatic rings. The van der Waals surface area contributed by atoms with Crippen molar-refractivity contribution < 1.29 is 0 Å². The summed E-state index contributed by atoms with van der Waals surface area (Å²) in [7, 11) is 0. The minimum absolute atomic E-state index is 0.575. The number of hydrogen-bond donors (Lipinski definition) is 0. The van der Waals surface area contributed by atoms with Gasteiger partial charge in [-0.3, -0.25) is 0 Å². The lowest BCUT2D eigenvalue weighted by atomic mass is 10.2. The second kappa shape index (κ2) is 3.35. The van der Waals surface area contributed by atoms with E-state index in [4.69, 9.17) is 5.26 Å². The van der Waals surface area contributed by atoms with Crippen LogP contribution in [0.25, 0.3) is 5.69 Å². The zero-order valence-electron chi connectivity index (χ0n) is 7.81. The molecule has 0 unspecified atom stereocenters. The van der Waals surface area contributed by atoms with Crippen molar-refractivity contribution in [1.82, 2.24) is 9.78 Å². The molecule has 1 heterocycles. The summed E-state index contributed by atoms with van der Waals surface area (Å²) in [4.78, 5) is 0. The zero-order valence-corrected chi connectivity index (χ0v) is 7.81. The van der Waals surface area contributed by atoms with E-state index in [1.165, 1.54) is 5.56 Å². The highest BCUT2D eigenvalue weighted by atomic mass is 15.3. The first-order valence-electron chi connectivity index (χ1n) is 4.31. The van der Waals surface area contributed by atoms with E-state index in [1.807, 2.05) is 37.3 Å². The van der Waals surface area contributed by atoms with Gasteiger partial charge in [-0.1, -0.05) is 17.7 Å². The SMILES string of the molecule is Cc1ccc(-n2cc(C#N)cn2)cc1. The van der Waals surface area contributed by atoms with E-state index in [0.29, 0.717) is 5.56 Å². The Morgan fingerprint density at radius 2 is 2.00 bits per heavy atom. The van der Waals surface area contributed by atoms with Crippen molar-refractivity contribution in [3.8, 4) is 11.8 Å². The van der Waals surface area contributed by atoms with Gasteiger partial charge in [0.2, 0.25) is 0 Å². The maximum Gasteiger partial charge on any atom is 0.102 e. The Morgan fingerprint density at radius 3 is 2.57 bits per heavy atom. The Labute approximate surface area is 82.2 Å². The highest BCUT2D eigenvalue weighted by Crippen LogP contribution is 2.08. The fraction of sp³-hybridized carbons (Fsp3) is 0.0909. The van der Waals surface area contributed by atoms with Gasteiger partial charge >= 0.3 is 0 Å². The maximum atomic E-state index is 8.64. The molecular formula is C11H9N3. The van der Waals surface area contributed by atoms with Crippen molar-refractivity contribution in [2.45, 2.75) is 6.92 Å². The molecule has 14 heavy (non-hydrogen) atoms. The van der Waals surface area contributed by atoms with Crippen LogP contribution in [-0.2, 0) is 0 Å². The van der Waals surface area contributed by atoms with Crippen molar-refractivity contribution in [2.75, 3.05) is 0 Å². The molecule has 3 nitrogen and oxygen atoms in total. The van der Waals surface area contributed by atoms with E-state index in [9.17, 15) is 0 Å². The largest absolute Gasteiger partial charge is 0.240 e. The van der Waals surface area contributed by atoms with Crippen LogP contribution in [0, 0.1) is 18.3 Å². The molecule has 0 aliphatic carbocycles. The van der Waals surface area contributed by atoms with Crippen LogP contribution in [0.1, 0.15) is 11.1 Å². The summed E-state index contributed by atoms with van der Waals surface area (Å²) >= 11 is 0. The van der Waals surface area contributed by atoms with Gasteiger partial charge in [0.15, 0.2) is 0 Å². The fourth-order valence-electron chi connectivity index (χ4n) is 1.22. The Hall–Kier alpha value is -2.08. The first-order valence-corrected chi connectivity index (χ1v) is 4.31. The van der Waals surface area contributed by atoms with Crippen molar-refractivity contribution in [2.24, 2.45) is 0 Å². The lowest BCUT2D eigenvalue weighted by Crippen LogP contribution is -1.93. The van der Waals surface area contributed by atoms with E-state index >= 15 is 0 Å². The van der Waals surface area contributed by atoms with Gasteiger partial charge in [0, 0.05) is 6.20 Å². The van der Waals surface area contributed by atoms with Crippen molar-refractivity contribution in [3.05, 3.63) is 47.8 Å². The number of aromatic nitrogens is 2. The summed E-state index contributed by atoms with van der Waals surface area (Å²) in [5, 5.41) is 12.7. The van der Waals surface area contributed by atoms with E-state index in [2.05, 4.69) is 5.10 Å². The molecule has 68 valence electrons. The number of rotatable bonds is 1. The van der Waals surface area contributed by atoms with Crippen molar-refractivity contribution in [3.63, 3.8) is 0 Å². The minimum Gasteiger partial charge on any atom is -0.240 e. The molecule has 0 atom stereocenters. The van der Waals surface area contributed by atoms with Crippen LogP contribution in [0.15, 0.2) is 36.7 Å². The topological polar surface area (TPSA) is 41.6 Å². The van der Waals surface area contributed by atoms with Crippen LogP contribution in [0.3, 0.4) is 0 Å². The van der Waals surface area contributed by atoms with Crippen LogP contribution < -0.4 is 0 Å². The van der Waals surface area contributed by atoms with E-state index in [-0.39, 0.29) is 0 Å². The first-order chi connectivity index (χ1) is 6.79. The summed E-state index contributed by atoms with van der Waals surface area (Å²) in [6.45, 7) is 2.04. The normalized spacial score (nSPS) is 9.71. The average molecular weight is 183 g/mol. The summed E-state index contributed by atoms with van der Waals surface area (Å²) < 4.78 is 1.69. The standard InChI is InChI=1S/C11H9N3/c1-9-2-4-11(5-3-9)14-8-10(6-12)7-13-14/h2-5,7-8H,1H3. The summed E-state index contributed by atoms with van der Waals surface area (Å²) in [6, 6.07) is 10.0. The molecular weight excluding hydrogens is 174 g/mol. The molecule has 0 N–H and O–H groups in total. The number of hydrogen-bond acceptors (Lipinski definition) is 2. The fourth-order valence-corrected chi connectivity index (χ4v) is 1.22. The van der Waals surface area contributed by atoms with Crippen LogP contribution in [0.5, 0.6) is 0 Å². The van der Waals surface area contributed by atoms with Gasteiger partial charge in [0.05, 0.1) is 17.4 Å². The summed E-state index contributed by atoms with van der Waals surface area (Å²) in [6.07, 6.45) is 3.27. The predicted molar refractivity (Wildman–Crippen MR) is 53.0 cm³/mol. The summed E-state index contributed by atoms with van der Waals surface area (Å²) in [5.74, 6) is 0. The maximum absolute atomic E-state index is 8.64. The number of benzene rings is 1. The Balaban J connectivity index is 2.40. The second-order valence-corrected chi connectivity index (χ2v) is 3.12.